The molecule has 1 aromatic rings. The first-order valence-corrected chi connectivity index (χ1v) is 8.75. The topological polar surface area (TPSA) is 88.5 Å². The zero-order valence-electron chi connectivity index (χ0n) is 15.6. The molecule has 0 bridgehead atoms. The van der Waals surface area contributed by atoms with Gasteiger partial charge >= 0.3 is 6.03 Å². The molecule has 0 unspecified atom stereocenters. The number of likely N-dealkylation sites (tertiary alicyclic amines) is 1. The van der Waals surface area contributed by atoms with Crippen LogP contribution in [0.3, 0.4) is 0 Å². The van der Waals surface area contributed by atoms with Gasteiger partial charge in [-0.15, -0.1) is 0 Å². The van der Waals surface area contributed by atoms with Gasteiger partial charge in [-0.3, -0.25) is 9.48 Å². The number of hydrogen-bond acceptors (Lipinski definition) is 4. The monoisotopic (exact) mass is 351 g/mol. The van der Waals surface area contributed by atoms with Gasteiger partial charge < -0.3 is 20.3 Å². The molecule has 0 aliphatic carbocycles. The molecule has 3 amide bonds. The van der Waals surface area contributed by atoms with Gasteiger partial charge in [0, 0.05) is 51.6 Å². The molecule has 0 saturated carbocycles. The first kappa shape index (κ1) is 19.2. The highest BCUT2D eigenvalue weighted by molar-refractivity contribution is 5.93. The number of nitrogens with zero attached hydrogens (tertiary/aromatic N) is 3. The molecule has 0 atom stereocenters. The van der Waals surface area contributed by atoms with E-state index in [0.29, 0.717) is 51.2 Å². The summed E-state index contributed by atoms with van der Waals surface area (Å²) < 4.78 is 6.92. The van der Waals surface area contributed by atoms with E-state index in [-0.39, 0.29) is 17.5 Å². The van der Waals surface area contributed by atoms with Gasteiger partial charge in [-0.05, 0) is 39.2 Å². The SMILES string of the molecule is CCNC(=O)N1CCC(CCOC)(NC(=O)c2cc(C)n(C)n2)CC1. The van der Waals surface area contributed by atoms with Crippen molar-refractivity contribution in [3.63, 3.8) is 0 Å². The maximum Gasteiger partial charge on any atom is 0.317 e. The fourth-order valence-electron chi connectivity index (χ4n) is 3.11. The van der Waals surface area contributed by atoms with Crippen molar-refractivity contribution in [2.45, 2.75) is 38.6 Å². The lowest BCUT2D eigenvalue weighted by molar-refractivity contribution is 0.0741. The van der Waals surface area contributed by atoms with Gasteiger partial charge in [-0.2, -0.15) is 5.10 Å². The number of carbonyl (C=O) groups is 2. The highest BCUT2D eigenvalue weighted by atomic mass is 16.5. The van der Waals surface area contributed by atoms with Crippen molar-refractivity contribution in [2.75, 3.05) is 33.4 Å². The van der Waals surface area contributed by atoms with Crippen molar-refractivity contribution >= 4 is 11.9 Å². The van der Waals surface area contributed by atoms with Crippen LogP contribution in [0.1, 0.15) is 42.4 Å². The summed E-state index contributed by atoms with van der Waals surface area (Å²) >= 11 is 0. The summed E-state index contributed by atoms with van der Waals surface area (Å²) in [4.78, 5) is 26.4. The average Bonchev–Trinajstić information content (AvgIpc) is 2.93. The van der Waals surface area contributed by atoms with Crippen LogP contribution in [0.4, 0.5) is 4.79 Å². The molecular formula is C17H29N5O3. The Kier molecular flexibility index (Phi) is 6.41. The van der Waals surface area contributed by atoms with Crippen LogP contribution in [0.5, 0.6) is 0 Å². The predicted octanol–water partition coefficient (Wildman–Crippen LogP) is 1.06. The highest BCUT2D eigenvalue weighted by Crippen LogP contribution is 2.26. The quantitative estimate of drug-likeness (QED) is 0.802. The predicted molar refractivity (Wildman–Crippen MR) is 94.5 cm³/mol. The summed E-state index contributed by atoms with van der Waals surface area (Å²) in [5.74, 6) is -0.175. The number of aryl methyl sites for hydroxylation is 2. The van der Waals surface area contributed by atoms with E-state index in [1.807, 2.05) is 20.9 Å². The Hall–Kier alpha value is -2.09. The molecule has 8 nitrogen and oxygen atoms in total. The molecule has 1 saturated heterocycles. The Morgan fingerprint density at radius 3 is 2.56 bits per heavy atom. The van der Waals surface area contributed by atoms with E-state index in [4.69, 9.17) is 4.74 Å². The number of aromatic nitrogens is 2. The molecule has 2 N–H and O–H groups in total. The Morgan fingerprint density at radius 2 is 2.04 bits per heavy atom. The van der Waals surface area contributed by atoms with Gasteiger partial charge in [0.1, 0.15) is 5.69 Å². The second kappa shape index (κ2) is 8.33. The highest BCUT2D eigenvalue weighted by Gasteiger charge is 2.37. The van der Waals surface area contributed by atoms with Crippen LogP contribution >= 0.6 is 0 Å². The number of ether oxygens (including phenoxy) is 1. The molecular weight excluding hydrogens is 322 g/mol. The molecule has 25 heavy (non-hydrogen) atoms. The standard InChI is InChI=1S/C17H29N5O3/c1-5-18-16(24)22-9-6-17(7-10-22,8-11-25-4)19-15(23)14-12-13(2)21(3)20-14/h12H,5-11H2,1-4H3,(H,18,24)(H,19,23). The van der Waals surface area contributed by atoms with E-state index >= 15 is 0 Å². The van der Waals surface area contributed by atoms with Crippen molar-refractivity contribution in [3.8, 4) is 0 Å². The Balaban J connectivity index is 2.05. The zero-order valence-corrected chi connectivity index (χ0v) is 15.6. The number of urea groups is 1. The fourth-order valence-corrected chi connectivity index (χ4v) is 3.11. The average molecular weight is 351 g/mol. The van der Waals surface area contributed by atoms with Crippen LogP contribution in [0.25, 0.3) is 0 Å². The lowest BCUT2D eigenvalue weighted by Gasteiger charge is -2.42. The fraction of sp³-hybridized carbons (Fsp3) is 0.706. The van der Waals surface area contributed by atoms with Gasteiger partial charge in [0.05, 0.1) is 0 Å². The third-order valence-corrected chi connectivity index (χ3v) is 4.85. The number of rotatable bonds is 6. The Bertz CT molecular complexity index is 586. The first-order valence-electron chi connectivity index (χ1n) is 8.75. The number of methoxy groups -OCH3 is 1. The lowest BCUT2D eigenvalue weighted by atomic mass is 9.84. The van der Waals surface area contributed by atoms with E-state index in [2.05, 4.69) is 15.7 Å². The minimum absolute atomic E-state index is 0.0467. The van der Waals surface area contributed by atoms with Crippen LogP contribution in [0, 0.1) is 6.92 Å². The van der Waals surface area contributed by atoms with Crippen LogP contribution in [-0.4, -0.2) is 65.5 Å². The summed E-state index contributed by atoms with van der Waals surface area (Å²) in [6.45, 7) is 6.20. The van der Waals surface area contributed by atoms with E-state index < -0.39 is 0 Å². The van der Waals surface area contributed by atoms with E-state index in [0.717, 1.165) is 5.69 Å². The van der Waals surface area contributed by atoms with Crippen molar-refractivity contribution < 1.29 is 14.3 Å². The second-order valence-electron chi connectivity index (χ2n) is 6.59. The zero-order chi connectivity index (χ0) is 18.4. The first-order chi connectivity index (χ1) is 11.9. The van der Waals surface area contributed by atoms with Crippen molar-refractivity contribution in [3.05, 3.63) is 17.5 Å². The number of nitrogens with one attached hydrogen (secondary N) is 2. The van der Waals surface area contributed by atoms with E-state index in [1.54, 1.807) is 22.8 Å². The molecule has 2 rings (SSSR count). The van der Waals surface area contributed by atoms with Crippen molar-refractivity contribution in [2.24, 2.45) is 7.05 Å². The van der Waals surface area contributed by atoms with E-state index in [1.165, 1.54) is 0 Å². The normalized spacial score (nSPS) is 16.6. The third kappa shape index (κ3) is 4.72. The smallest absolute Gasteiger partial charge is 0.317 e. The molecule has 1 aliphatic heterocycles. The molecule has 0 spiro atoms. The molecule has 0 aromatic carbocycles. The maximum absolute atomic E-state index is 12.6. The van der Waals surface area contributed by atoms with Crippen LogP contribution < -0.4 is 10.6 Å². The van der Waals surface area contributed by atoms with Gasteiger partial charge in [0.2, 0.25) is 0 Å². The lowest BCUT2D eigenvalue weighted by Crippen LogP contribution is -2.57. The molecule has 2 heterocycles. The summed E-state index contributed by atoms with van der Waals surface area (Å²) in [7, 11) is 3.47. The second-order valence-corrected chi connectivity index (χ2v) is 6.59. The Morgan fingerprint density at radius 1 is 1.36 bits per heavy atom. The van der Waals surface area contributed by atoms with Crippen LogP contribution in [-0.2, 0) is 11.8 Å². The summed E-state index contributed by atoms with van der Waals surface area (Å²) in [6.07, 6.45) is 2.11. The molecule has 140 valence electrons. The largest absolute Gasteiger partial charge is 0.385 e. The summed E-state index contributed by atoms with van der Waals surface area (Å²) in [5, 5.41) is 10.2. The summed E-state index contributed by atoms with van der Waals surface area (Å²) in [5.41, 5.74) is 0.978. The number of amides is 3. The minimum atomic E-state index is -0.373. The van der Waals surface area contributed by atoms with Crippen LogP contribution in [0.2, 0.25) is 0 Å². The van der Waals surface area contributed by atoms with Gasteiger partial charge in [-0.1, -0.05) is 0 Å². The van der Waals surface area contributed by atoms with Gasteiger partial charge in [-0.25, -0.2) is 4.79 Å². The van der Waals surface area contributed by atoms with E-state index in [9.17, 15) is 9.59 Å². The minimum Gasteiger partial charge on any atom is -0.385 e. The molecule has 1 aromatic heterocycles. The number of piperidine rings is 1. The van der Waals surface area contributed by atoms with Crippen LogP contribution in [0.15, 0.2) is 6.07 Å². The third-order valence-electron chi connectivity index (χ3n) is 4.85. The number of carbonyl (C=O) groups excluding carboxylic acids is 2. The van der Waals surface area contributed by atoms with Crippen molar-refractivity contribution in [1.29, 1.82) is 0 Å². The van der Waals surface area contributed by atoms with Gasteiger partial charge in [0.25, 0.3) is 5.91 Å². The molecule has 0 radical (unpaired) electrons. The Labute approximate surface area is 148 Å². The molecule has 8 heteroatoms. The maximum atomic E-state index is 12.6. The molecule has 1 aliphatic rings. The number of hydrogen-bond donors (Lipinski definition) is 2. The molecule has 1 fully saturated rings. The van der Waals surface area contributed by atoms with Crippen molar-refractivity contribution in [1.82, 2.24) is 25.3 Å². The summed E-state index contributed by atoms with van der Waals surface area (Å²) in [6, 6.07) is 1.73. The van der Waals surface area contributed by atoms with Gasteiger partial charge in [0.15, 0.2) is 0 Å².